The van der Waals surface area contributed by atoms with Crippen LogP contribution >= 0.6 is 0 Å². The molecule has 12 heteroatoms. The van der Waals surface area contributed by atoms with Crippen LogP contribution in [-0.4, -0.2) is 58.0 Å². The Morgan fingerprint density at radius 3 is 2.59 bits per heavy atom. The van der Waals surface area contributed by atoms with Crippen molar-refractivity contribution in [2.24, 2.45) is 7.05 Å². The lowest BCUT2D eigenvalue weighted by molar-refractivity contribution is -0.116. The zero-order valence-corrected chi connectivity index (χ0v) is 23.8. The molecular weight excluding hydrogens is 549 g/mol. The molecule has 0 radical (unpaired) electrons. The number of nitrogens with zero attached hydrogens (tertiary/aromatic N) is 4. The average Bonchev–Trinajstić information content (AvgIpc) is 3.26. The largest absolute Gasteiger partial charge is 0.493 e. The summed E-state index contributed by atoms with van der Waals surface area (Å²) >= 11 is 0. The van der Waals surface area contributed by atoms with Gasteiger partial charge in [-0.15, -0.1) is 0 Å². The number of halogens is 1. The fourth-order valence-corrected chi connectivity index (χ4v) is 6.35. The van der Waals surface area contributed by atoms with Crippen LogP contribution in [0.1, 0.15) is 37.9 Å². The highest BCUT2D eigenvalue weighted by molar-refractivity contribution is 7.89. The maximum absolute atomic E-state index is 13.8. The topological polar surface area (TPSA) is 127 Å². The molecule has 3 heterocycles. The number of hydrogen-bond donors (Lipinski definition) is 1. The standard InChI is InChI=1S/C29H30FN5O5S/c1-4-6-23-26-27(34(3)33-23)29(37)32-28(31-26)22-16-21(11-12-25(22)40-5-2)41(38,39)35-14-13-24(36)19(17-35)15-18-7-9-20(30)10-8-18/h7-12,15-16H,4-6,13-14,17H2,1-3H3,(H,31,32,37). The van der Waals surface area contributed by atoms with Crippen molar-refractivity contribution in [3.63, 3.8) is 0 Å². The summed E-state index contributed by atoms with van der Waals surface area (Å²) in [5.41, 5.74) is 2.29. The van der Waals surface area contributed by atoms with Crippen LogP contribution in [0.2, 0.25) is 0 Å². The first kappa shape index (κ1) is 28.4. The number of ether oxygens (including phenoxy) is 1. The third-order valence-electron chi connectivity index (χ3n) is 6.90. The van der Waals surface area contributed by atoms with Crippen molar-refractivity contribution < 1.29 is 22.3 Å². The molecule has 1 aliphatic heterocycles. The maximum atomic E-state index is 13.8. The van der Waals surface area contributed by atoms with Gasteiger partial charge in [0.05, 0.1) is 22.8 Å². The van der Waals surface area contributed by atoms with E-state index in [0.717, 1.165) is 6.42 Å². The number of Topliss-reactive ketones (excluding diaryl/α,β-unsaturated/α-hetero) is 1. The highest BCUT2D eigenvalue weighted by atomic mass is 32.2. The molecule has 0 atom stereocenters. The molecular formula is C29H30FN5O5S. The molecule has 2 aromatic heterocycles. The van der Waals surface area contributed by atoms with E-state index in [4.69, 9.17) is 9.72 Å². The Morgan fingerprint density at radius 1 is 1.12 bits per heavy atom. The molecule has 10 nitrogen and oxygen atoms in total. The van der Waals surface area contributed by atoms with E-state index in [9.17, 15) is 22.4 Å². The number of carbonyl (C=O) groups is 1. The fourth-order valence-electron chi connectivity index (χ4n) is 4.90. The Balaban J connectivity index is 1.56. The second-order valence-corrected chi connectivity index (χ2v) is 11.7. The van der Waals surface area contributed by atoms with Gasteiger partial charge in [0.2, 0.25) is 10.0 Å². The lowest BCUT2D eigenvalue weighted by Crippen LogP contribution is -2.40. The number of piperidine rings is 1. The number of sulfonamides is 1. The minimum absolute atomic E-state index is 0.0155. The van der Waals surface area contributed by atoms with Gasteiger partial charge in [-0.1, -0.05) is 25.5 Å². The van der Waals surface area contributed by atoms with E-state index in [-0.39, 0.29) is 36.0 Å². The summed E-state index contributed by atoms with van der Waals surface area (Å²) in [5.74, 6) is -0.0417. The number of hydrogen-bond acceptors (Lipinski definition) is 7. The predicted octanol–water partition coefficient (Wildman–Crippen LogP) is 3.86. The highest BCUT2D eigenvalue weighted by Gasteiger charge is 2.32. The van der Waals surface area contributed by atoms with Crippen molar-refractivity contribution in [1.82, 2.24) is 24.1 Å². The molecule has 1 fully saturated rings. The van der Waals surface area contributed by atoms with Gasteiger partial charge in [0.25, 0.3) is 5.56 Å². The molecule has 1 N–H and O–H groups in total. The van der Waals surface area contributed by atoms with Crippen LogP contribution in [-0.2, 0) is 28.3 Å². The Labute approximate surface area is 236 Å². The van der Waals surface area contributed by atoms with Crippen molar-refractivity contribution in [2.45, 2.75) is 38.0 Å². The molecule has 0 spiro atoms. The van der Waals surface area contributed by atoms with Gasteiger partial charge in [-0.25, -0.2) is 17.8 Å². The summed E-state index contributed by atoms with van der Waals surface area (Å²) in [4.78, 5) is 33.1. The molecule has 0 saturated carbocycles. The first-order valence-corrected chi connectivity index (χ1v) is 14.8. The quantitative estimate of drug-likeness (QED) is 0.314. The average molecular weight is 580 g/mol. The van der Waals surface area contributed by atoms with Crippen molar-refractivity contribution in [3.05, 3.63) is 75.5 Å². The number of H-pyrrole nitrogens is 1. The van der Waals surface area contributed by atoms with Crippen LogP contribution in [0.25, 0.3) is 28.5 Å². The third-order valence-corrected chi connectivity index (χ3v) is 8.74. The van der Waals surface area contributed by atoms with Gasteiger partial charge in [-0.05, 0) is 55.3 Å². The zero-order valence-electron chi connectivity index (χ0n) is 23.0. The lowest BCUT2D eigenvalue weighted by Gasteiger charge is -2.27. The smallest absolute Gasteiger partial charge is 0.277 e. The van der Waals surface area contributed by atoms with E-state index < -0.39 is 21.4 Å². The number of nitrogens with one attached hydrogen (secondary N) is 1. The van der Waals surface area contributed by atoms with Crippen LogP contribution in [0, 0.1) is 5.82 Å². The van der Waals surface area contributed by atoms with Crippen LogP contribution in [0.3, 0.4) is 0 Å². The molecule has 1 aliphatic rings. The molecule has 1 saturated heterocycles. The van der Waals surface area contributed by atoms with Crippen LogP contribution in [0.5, 0.6) is 5.75 Å². The zero-order chi connectivity index (χ0) is 29.3. The molecule has 2 aromatic carbocycles. The van der Waals surface area contributed by atoms with E-state index >= 15 is 0 Å². The number of aromatic amines is 1. The second-order valence-electron chi connectivity index (χ2n) is 9.76. The molecule has 0 amide bonds. The van der Waals surface area contributed by atoms with Gasteiger partial charge in [0.1, 0.15) is 22.9 Å². The van der Waals surface area contributed by atoms with Gasteiger partial charge in [0.15, 0.2) is 11.3 Å². The molecule has 0 aliphatic carbocycles. The fraction of sp³-hybridized carbons (Fsp3) is 0.310. The second kappa shape index (κ2) is 11.4. The molecule has 5 rings (SSSR count). The molecule has 41 heavy (non-hydrogen) atoms. The summed E-state index contributed by atoms with van der Waals surface area (Å²) in [6, 6.07) is 10.0. The van der Waals surface area contributed by atoms with E-state index in [1.807, 2.05) is 6.92 Å². The number of fused-ring (bicyclic) bond motifs is 1. The number of ketones is 1. The molecule has 214 valence electrons. The Hall–Kier alpha value is -4.16. The lowest BCUT2D eigenvalue weighted by atomic mass is 10.0. The van der Waals surface area contributed by atoms with E-state index in [1.54, 1.807) is 20.0 Å². The van der Waals surface area contributed by atoms with E-state index in [1.165, 1.54) is 51.5 Å². The minimum Gasteiger partial charge on any atom is -0.493 e. The van der Waals surface area contributed by atoms with E-state index in [2.05, 4.69) is 10.1 Å². The van der Waals surface area contributed by atoms with Crippen LogP contribution < -0.4 is 10.3 Å². The molecule has 0 unspecified atom stereocenters. The van der Waals surface area contributed by atoms with Gasteiger partial charge < -0.3 is 9.72 Å². The Morgan fingerprint density at radius 2 is 1.88 bits per heavy atom. The van der Waals surface area contributed by atoms with Gasteiger partial charge in [0, 0.05) is 32.1 Å². The molecule has 4 aromatic rings. The molecule has 0 bridgehead atoms. The van der Waals surface area contributed by atoms with Crippen molar-refractivity contribution in [1.29, 1.82) is 0 Å². The first-order chi connectivity index (χ1) is 19.6. The summed E-state index contributed by atoms with van der Waals surface area (Å²) in [5, 5.41) is 4.45. The van der Waals surface area contributed by atoms with Gasteiger partial charge in [-0.3, -0.25) is 14.3 Å². The van der Waals surface area contributed by atoms with Crippen molar-refractivity contribution in [2.75, 3.05) is 19.7 Å². The van der Waals surface area contributed by atoms with Crippen LogP contribution in [0.4, 0.5) is 4.39 Å². The monoisotopic (exact) mass is 579 g/mol. The van der Waals surface area contributed by atoms with Crippen LogP contribution in [0.15, 0.2) is 57.7 Å². The van der Waals surface area contributed by atoms with Crippen molar-refractivity contribution >= 4 is 32.9 Å². The minimum atomic E-state index is -4.06. The summed E-state index contributed by atoms with van der Waals surface area (Å²) in [6.45, 7) is 4.00. The normalized spacial score (nSPS) is 15.6. The maximum Gasteiger partial charge on any atom is 0.277 e. The summed E-state index contributed by atoms with van der Waals surface area (Å²) < 4.78 is 49.4. The predicted molar refractivity (Wildman–Crippen MR) is 152 cm³/mol. The Bertz CT molecular complexity index is 1830. The Kier molecular flexibility index (Phi) is 7.87. The van der Waals surface area contributed by atoms with Gasteiger partial charge in [-0.2, -0.15) is 9.40 Å². The van der Waals surface area contributed by atoms with Crippen molar-refractivity contribution in [3.8, 4) is 17.1 Å². The third kappa shape index (κ3) is 5.57. The number of aryl methyl sites for hydroxylation is 2. The first-order valence-electron chi connectivity index (χ1n) is 13.3. The number of benzene rings is 2. The summed E-state index contributed by atoms with van der Waals surface area (Å²) in [6.07, 6.45) is 3.03. The summed E-state index contributed by atoms with van der Waals surface area (Å²) in [7, 11) is -2.38. The number of carbonyl (C=O) groups excluding carboxylic acids is 1. The number of rotatable bonds is 8. The SMILES string of the molecule is CCCc1nn(C)c2c(=O)[nH]c(-c3cc(S(=O)(=O)N4CCC(=O)C(=Cc5ccc(F)cc5)C4)ccc3OCC)nc12. The van der Waals surface area contributed by atoms with E-state index in [0.29, 0.717) is 52.2 Å². The highest BCUT2D eigenvalue weighted by Crippen LogP contribution is 2.33. The van der Waals surface area contributed by atoms with Gasteiger partial charge >= 0.3 is 0 Å². The number of aromatic nitrogens is 4.